The topological polar surface area (TPSA) is 96.0 Å². The summed E-state index contributed by atoms with van der Waals surface area (Å²) < 4.78 is 35.9. The van der Waals surface area contributed by atoms with Crippen molar-refractivity contribution in [2.24, 2.45) is 0 Å². The second-order valence-electron chi connectivity index (χ2n) is 12.7. The Hall–Kier alpha value is -5.41. The molecule has 0 bridgehead atoms. The first-order valence-corrected chi connectivity index (χ1v) is 18.6. The molecule has 2 atom stereocenters. The van der Waals surface area contributed by atoms with Crippen LogP contribution in [0.5, 0.6) is 11.5 Å². The first-order chi connectivity index (χ1) is 24.5. The molecule has 0 saturated heterocycles. The lowest BCUT2D eigenvalue weighted by Crippen LogP contribution is -2.54. The quantitative estimate of drug-likeness (QED) is 0.120. The van der Waals surface area contributed by atoms with Gasteiger partial charge >= 0.3 is 0 Å². The largest absolute Gasteiger partial charge is 0.457 e. The van der Waals surface area contributed by atoms with E-state index >= 15 is 0 Å². The number of aryl methyl sites for hydroxylation is 2. The van der Waals surface area contributed by atoms with Crippen molar-refractivity contribution in [3.8, 4) is 11.5 Å². The Bertz CT molecular complexity index is 2000. The molecule has 5 rings (SSSR count). The summed E-state index contributed by atoms with van der Waals surface area (Å²) in [6.07, 6.45) is 0.957. The van der Waals surface area contributed by atoms with Crippen molar-refractivity contribution in [2.45, 2.75) is 64.1 Å². The van der Waals surface area contributed by atoms with E-state index < -0.39 is 28.5 Å². The highest BCUT2D eigenvalue weighted by atomic mass is 32.2. The summed E-state index contributed by atoms with van der Waals surface area (Å²) in [5, 5.41) is 3.08. The molecule has 0 fully saturated rings. The summed E-state index contributed by atoms with van der Waals surface area (Å²) in [6, 6.07) is 38.6. The molecule has 0 spiro atoms. The van der Waals surface area contributed by atoms with Crippen molar-refractivity contribution in [3.05, 3.63) is 156 Å². The number of benzene rings is 5. The summed E-state index contributed by atoms with van der Waals surface area (Å²) in [5.41, 5.74) is 3.87. The summed E-state index contributed by atoms with van der Waals surface area (Å²) in [5.74, 6) is 0.329. The third-order valence-electron chi connectivity index (χ3n) is 8.87. The number of carbonyl (C=O) groups is 2. The Kier molecular flexibility index (Phi) is 12.3. The lowest BCUT2D eigenvalue weighted by atomic mass is 10.0. The third-order valence-corrected chi connectivity index (χ3v) is 10.7. The second kappa shape index (κ2) is 17.0. The predicted molar refractivity (Wildman–Crippen MR) is 202 cm³/mol. The Labute approximate surface area is 301 Å². The summed E-state index contributed by atoms with van der Waals surface area (Å²) in [7, 11) is -4.24. The normalized spacial score (nSPS) is 12.4. The number of para-hydroxylation sites is 1. The van der Waals surface area contributed by atoms with Crippen LogP contribution < -0.4 is 14.4 Å². The molecule has 51 heavy (non-hydrogen) atoms. The van der Waals surface area contributed by atoms with Crippen molar-refractivity contribution in [2.75, 3.05) is 10.8 Å². The molecule has 5 aromatic rings. The standard InChI is InChI=1S/C42H45N3O5S/c1-5-33(4)43-42(47)40(28-34-15-8-6-9-16-34)44(29-35-17-13-12-14-32(35)3)41(46)30-45(51(48,49)39-26-20-31(2)21-27-39)36-22-24-38(25-23-36)50-37-18-10-7-11-19-37/h6-27,33,40H,5,28-30H2,1-4H3,(H,43,47)/t33-,40-/m1/s1. The fourth-order valence-electron chi connectivity index (χ4n) is 5.64. The molecule has 9 heteroatoms. The van der Waals surface area contributed by atoms with E-state index in [9.17, 15) is 18.0 Å². The first-order valence-electron chi connectivity index (χ1n) is 17.2. The van der Waals surface area contributed by atoms with Gasteiger partial charge in [0.2, 0.25) is 11.8 Å². The zero-order chi connectivity index (χ0) is 36.4. The molecule has 0 saturated carbocycles. The molecule has 0 aliphatic heterocycles. The average molecular weight is 704 g/mol. The number of amides is 2. The maximum absolute atomic E-state index is 14.8. The van der Waals surface area contributed by atoms with Gasteiger partial charge in [-0.3, -0.25) is 13.9 Å². The zero-order valence-corrected chi connectivity index (χ0v) is 30.3. The highest BCUT2D eigenvalue weighted by Crippen LogP contribution is 2.29. The smallest absolute Gasteiger partial charge is 0.264 e. The molecule has 0 heterocycles. The van der Waals surface area contributed by atoms with Gasteiger partial charge in [-0.05, 0) is 92.4 Å². The van der Waals surface area contributed by atoms with Gasteiger partial charge in [0.25, 0.3) is 10.0 Å². The number of anilines is 1. The minimum atomic E-state index is -4.24. The molecule has 0 aliphatic carbocycles. The van der Waals surface area contributed by atoms with Gasteiger partial charge in [-0.25, -0.2) is 8.42 Å². The number of sulfonamides is 1. The first kappa shape index (κ1) is 36.9. The molecule has 264 valence electrons. The van der Waals surface area contributed by atoms with Crippen molar-refractivity contribution in [1.29, 1.82) is 0 Å². The van der Waals surface area contributed by atoms with E-state index in [1.54, 1.807) is 36.4 Å². The van der Waals surface area contributed by atoms with Crippen LogP contribution in [-0.2, 0) is 32.6 Å². The Morgan fingerprint density at radius 2 is 1.33 bits per heavy atom. The number of hydrogen-bond acceptors (Lipinski definition) is 5. The number of ether oxygens (including phenoxy) is 1. The molecule has 2 amide bonds. The maximum Gasteiger partial charge on any atom is 0.264 e. The van der Waals surface area contributed by atoms with Gasteiger partial charge in [0.1, 0.15) is 24.1 Å². The van der Waals surface area contributed by atoms with Crippen LogP contribution in [0.1, 0.15) is 42.5 Å². The third kappa shape index (κ3) is 9.64. The van der Waals surface area contributed by atoms with Crippen LogP contribution in [0, 0.1) is 13.8 Å². The molecule has 8 nitrogen and oxygen atoms in total. The van der Waals surface area contributed by atoms with Gasteiger partial charge in [-0.15, -0.1) is 0 Å². The van der Waals surface area contributed by atoms with E-state index in [-0.39, 0.29) is 35.5 Å². The van der Waals surface area contributed by atoms with Gasteiger partial charge in [0, 0.05) is 19.0 Å². The maximum atomic E-state index is 14.8. The predicted octanol–water partition coefficient (Wildman–Crippen LogP) is 7.85. The van der Waals surface area contributed by atoms with Gasteiger partial charge in [0.15, 0.2) is 0 Å². The van der Waals surface area contributed by atoms with E-state index in [4.69, 9.17) is 4.74 Å². The minimum Gasteiger partial charge on any atom is -0.457 e. The zero-order valence-electron chi connectivity index (χ0n) is 29.5. The molecule has 1 N–H and O–H groups in total. The van der Waals surface area contributed by atoms with Crippen LogP contribution in [0.4, 0.5) is 5.69 Å². The monoisotopic (exact) mass is 703 g/mol. The van der Waals surface area contributed by atoms with Crippen molar-refractivity contribution in [1.82, 2.24) is 10.2 Å². The Morgan fingerprint density at radius 3 is 1.96 bits per heavy atom. The average Bonchev–Trinajstić information content (AvgIpc) is 3.14. The van der Waals surface area contributed by atoms with E-state index in [1.807, 2.05) is 113 Å². The Balaban J connectivity index is 1.57. The number of hydrogen-bond donors (Lipinski definition) is 1. The highest BCUT2D eigenvalue weighted by Gasteiger charge is 2.35. The van der Waals surface area contributed by atoms with Crippen molar-refractivity contribution < 1.29 is 22.7 Å². The van der Waals surface area contributed by atoms with Crippen LogP contribution in [0.2, 0.25) is 0 Å². The van der Waals surface area contributed by atoms with Crippen LogP contribution in [0.15, 0.2) is 138 Å². The van der Waals surface area contributed by atoms with Gasteiger partial charge in [0.05, 0.1) is 10.6 Å². The minimum absolute atomic E-state index is 0.0475. The van der Waals surface area contributed by atoms with Gasteiger partial charge in [-0.1, -0.05) is 97.4 Å². The van der Waals surface area contributed by atoms with Crippen LogP contribution >= 0.6 is 0 Å². The van der Waals surface area contributed by atoms with E-state index in [0.29, 0.717) is 17.9 Å². The van der Waals surface area contributed by atoms with Crippen LogP contribution in [0.3, 0.4) is 0 Å². The summed E-state index contributed by atoms with van der Waals surface area (Å²) in [4.78, 5) is 30.4. The highest BCUT2D eigenvalue weighted by molar-refractivity contribution is 7.92. The van der Waals surface area contributed by atoms with Crippen LogP contribution in [0.25, 0.3) is 0 Å². The van der Waals surface area contributed by atoms with E-state index in [2.05, 4.69) is 5.32 Å². The molecule has 0 aliphatic rings. The molecular formula is C42H45N3O5S. The number of rotatable bonds is 15. The summed E-state index contributed by atoms with van der Waals surface area (Å²) >= 11 is 0. The number of nitrogens with zero attached hydrogens (tertiary/aromatic N) is 2. The van der Waals surface area contributed by atoms with E-state index in [1.165, 1.54) is 17.0 Å². The van der Waals surface area contributed by atoms with Gasteiger partial charge < -0.3 is 15.0 Å². The summed E-state index contributed by atoms with van der Waals surface area (Å²) in [6.45, 7) is 7.31. The number of carbonyl (C=O) groups excluding carboxylic acids is 2. The second-order valence-corrected chi connectivity index (χ2v) is 14.6. The SMILES string of the molecule is CC[C@@H](C)NC(=O)[C@@H](Cc1ccccc1)N(Cc1ccccc1C)C(=O)CN(c1ccc(Oc2ccccc2)cc1)S(=O)(=O)c1ccc(C)cc1. The fourth-order valence-corrected chi connectivity index (χ4v) is 7.05. The molecule has 5 aromatic carbocycles. The van der Waals surface area contributed by atoms with Crippen molar-refractivity contribution >= 4 is 27.5 Å². The Morgan fingerprint density at radius 1 is 0.745 bits per heavy atom. The lowest BCUT2D eigenvalue weighted by molar-refractivity contribution is -0.140. The molecule has 0 radical (unpaired) electrons. The molecule has 0 aromatic heterocycles. The lowest BCUT2D eigenvalue weighted by Gasteiger charge is -2.34. The number of nitrogens with one attached hydrogen (secondary N) is 1. The van der Waals surface area contributed by atoms with E-state index in [0.717, 1.165) is 26.6 Å². The van der Waals surface area contributed by atoms with Crippen molar-refractivity contribution in [3.63, 3.8) is 0 Å². The molecule has 0 unspecified atom stereocenters. The molecular weight excluding hydrogens is 659 g/mol. The fraction of sp³-hybridized carbons (Fsp3) is 0.238. The van der Waals surface area contributed by atoms with Gasteiger partial charge in [-0.2, -0.15) is 0 Å². The van der Waals surface area contributed by atoms with Crippen LogP contribution in [-0.4, -0.2) is 43.8 Å².